The van der Waals surface area contributed by atoms with Gasteiger partial charge >= 0.3 is 6.09 Å². The minimum atomic E-state index is -0.776. The summed E-state index contributed by atoms with van der Waals surface area (Å²) in [6.45, 7) is 3.56. The molecule has 0 saturated carbocycles. The maximum atomic E-state index is 10.8. The van der Waals surface area contributed by atoms with Gasteiger partial charge in [-0.15, -0.1) is 0 Å². The van der Waals surface area contributed by atoms with Crippen LogP contribution in [-0.4, -0.2) is 66.4 Å². The molecular formula is C12H22N2O3. The molecule has 2 aliphatic rings. The number of methoxy groups -OCH3 is 1. The fraction of sp³-hybridized carbons (Fsp3) is 0.917. The smallest absolute Gasteiger partial charge is 0.407 e. The summed E-state index contributed by atoms with van der Waals surface area (Å²) in [5.41, 5.74) is 0. The molecule has 1 amide bonds. The Morgan fingerprint density at radius 1 is 1.12 bits per heavy atom. The molecule has 2 fully saturated rings. The van der Waals surface area contributed by atoms with Crippen molar-refractivity contribution in [2.24, 2.45) is 0 Å². The summed E-state index contributed by atoms with van der Waals surface area (Å²) in [4.78, 5) is 14.8. The molecule has 0 aromatic heterocycles. The lowest BCUT2D eigenvalue weighted by molar-refractivity contribution is 0.0153. The molecule has 2 heterocycles. The molecular weight excluding hydrogens is 220 g/mol. The quantitative estimate of drug-likeness (QED) is 0.791. The number of ether oxygens (including phenoxy) is 1. The Hall–Kier alpha value is -0.810. The van der Waals surface area contributed by atoms with Crippen molar-refractivity contribution < 1.29 is 14.6 Å². The summed E-state index contributed by atoms with van der Waals surface area (Å²) in [5, 5.41) is 8.90. The van der Waals surface area contributed by atoms with Gasteiger partial charge in [0.1, 0.15) is 0 Å². The second-order valence-corrected chi connectivity index (χ2v) is 4.97. The van der Waals surface area contributed by atoms with Gasteiger partial charge in [-0.3, -0.25) is 0 Å². The molecule has 17 heavy (non-hydrogen) atoms. The van der Waals surface area contributed by atoms with Gasteiger partial charge in [0, 0.05) is 39.3 Å². The molecule has 0 unspecified atom stereocenters. The average Bonchev–Trinajstić information content (AvgIpc) is 2.39. The zero-order valence-electron chi connectivity index (χ0n) is 10.5. The molecule has 98 valence electrons. The van der Waals surface area contributed by atoms with Gasteiger partial charge in [-0.1, -0.05) is 0 Å². The fourth-order valence-corrected chi connectivity index (χ4v) is 2.90. The summed E-state index contributed by atoms with van der Waals surface area (Å²) in [7, 11) is 1.78. The minimum absolute atomic E-state index is 0.422. The van der Waals surface area contributed by atoms with Crippen molar-refractivity contribution in [3.05, 3.63) is 0 Å². The lowest BCUT2D eigenvalue weighted by Crippen LogP contribution is -2.49. The van der Waals surface area contributed by atoms with E-state index in [1.54, 1.807) is 7.11 Å². The number of likely N-dealkylation sites (tertiary alicyclic amines) is 2. The summed E-state index contributed by atoms with van der Waals surface area (Å²) in [6.07, 6.45) is 3.81. The molecule has 2 rings (SSSR count). The van der Waals surface area contributed by atoms with E-state index in [0.717, 1.165) is 38.8 Å². The Labute approximate surface area is 102 Å². The molecule has 0 spiro atoms. The number of rotatable bonds is 2. The summed E-state index contributed by atoms with van der Waals surface area (Å²) >= 11 is 0. The van der Waals surface area contributed by atoms with Gasteiger partial charge in [-0.2, -0.15) is 0 Å². The van der Waals surface area contributed by atoms with Crippen molar-refractivity contribution in [3.63, 3.8) is 0 Å². The third kappa shape index (κ3) is 3.10. The molecule has 2 aliphatic heterocycles. The number of hydrogen-bond donors (Lipinski definition) is 1. The van der Waals surface area contributed by atoms with E-state index >= 15 is 0 Å². The summed E-state index contributed by atoms with van der Waals surface area (Å²) in [6, 6.07) is 0.573. The van der Waals surface area contributed by atoms with Crippen LogP contribution in [-0.2, 0) is 4.74 Å². The van der Waals surface area contributed by atoms with Crippen LogP contribution in [0.1, 0.15) is 25.7 Å². The van der Waals surface area contributed by atoms with E-state index in [4.69, 9.17) is 9.84 Å². The summed E-state index contributed by atoms with van der Waals surface area (Å²) in [5.74, 6) is 0. The van der Waals surface area contributed by atoms with Crippen LogP contribution < -0.4 is 0 Å². The molecule has 0 radical (unpaired) electrons. The van der Waals surface area contributed by atoms with E-state index in [-0.39, 0.29) is 0 Å². The first kappa shape index (κ1) is 12.6. The lowest BCUT2D eigenvalue weighted by atomic mass is 9.99. The molecule has 2 saturated heterocycles. The van der Waals surface area contributed by atoms with Gasteiger partial charge < -0.3 is 19.6 Å². The van der Waals surface area contributed by atoms with Crippen LogP contribution in [0.2, 0.25) is 0 Å². The number of amides is 1. The first-order valence-electron chi connectivity index (χ1n) is 6.45. The van der Waals surface area contributed by atoms with E-state index in [2.05, 4.69) is 4.90 Å². The van der Waals surface area contributed by atoms with Crippen molar-refractivity contribution >= 4 is 6.09 Å². The third-order valence-electron chi connectivity index (χ3n) is 4.06. The standard InChI is InChI=1S/C12H22N2O3/c1-17-11-4-8-13(9-5-11)10-2-6-14(7-3-10)12(15)16/h10-11H,2-9H2,1H3,(H,15,16). The molecule has 0 bridgehead atoms. The van der Waals surface area contributed by atoms with E-state index in [1.165, 1.54) is 4.90 Å². The highest BCUT2D eigenvalue weighted by Crippen LogP contribution is 2.21. The van der Waals surface area contributed by atoms with Crippen LogP contribution >= 0.6 is 0 Å². The number of piperidine rings is 2. The van der Waals surface area contributed by atoms with Crippen molar-refractivity contribution in [2.75, 3.05) is 33.3 Å². The highest BCUT2D eigenvalue weighted by Gasteiger charge is 2.29. The maximum absolute atomic E-state index is 10.8. The van der Waals surface area contributed by atoms with Crippen LogP contribution in [0.4, 0.5) is 4.79 Å². The van der Waals surface area contributed by atoms with Gasteiger partial charge in [0.05, 0.1) is 6.10 Å². The van der Waals surface area contributed by atoms with Crippen LogP contribution in [0.5, 0.6) is 0 Å². The molecule has 0 aromatic carbocycles. The second-order valence-electron chi connectivity index (χ2n) is 4.97. The zero-order valence-corrected chi connectivity index (χ0v) is 10.5. The molecule has 0 aliphatic carbocycles. The molecule has 0 atom stereocenters. The SMILES string of the molecule is COC1CCN(C2CCN(C(=O)O)CC2)CC1. The van der Waals surface area contributed by atoms with Crippen molar-refractivity contribution in [2.45, 2.75) is 37.8 Å². The first-order chi connectivity index (χ1) is 8.20. The topological polar surface area (TPSA) is 53.0 Å². The number of carbonyl (C=O) groups is 1. The van der Waals surface area contributed by atoms with Crippen LogP contribution in [0.3, 0.4) is 0 Å². The van der Waals surface area contributed by atoms with Gasteiger partial charge in [-0.25, -0.2) is 4.79 Å². The van der Waals surface area contributed by atoms with Gasteiger partial charge in [0.15, 0.2) is 0 Å². The summed E-state index contributed by atoms with van der Waals surface area (Å²) < 4.78 is 5.36. The largest absolute Gasteiger partial charge is 0.465 e. The van der Waals surface area contributed by atoms with Crippen molar-refractivity contribution in [1.29, 1.82) is 0 Å². The normalized spacial score (nSPS) is 25.1. The molecule has 1 N–H and O–H groups in total. The average molecular weight is 242 g/mol. The van der Waals surface area contributed by atoms with Gasteiger partial charge in [0.2, 0.25) is 0 Å². The maximum Gasteiger partial charge on any atom is 0.407 e. The number of hydrogen-bond acceptors (Lipinski definition) is 3. The van der Waals surface area contributed by atoms with E-state index in [1.807, 2.05) is 0 Å². The molecule has 0 aromatic rings. The Balaban J connectivity index is 1.76. The lowest BCUT2D eigenvalue weighted by Gasteiger charge is -2.40. The Morgan fingerprint density at radius 2 is 1.71 bits per heavy atom. The van der Waals surface area contributed by atoms with Gasteiger partial charge in [-0.05, 0) is 25.7 Å². The predicted molar refractivity (Wildman–Crippen MR) is 64.2 cm³/mol. The number of nitrogens with zero attached hydrogens (tertiary/aromatic N) is 2. The van der Waals surface area contributed by atoms with Crippen molar-refractivity contribution in [3.8, 4) is 0 Å². The van der Waals surface area contributed by atoms with Crippen LogP contribution in [0.15, 0.2) is 0 Å². The van der Waals surface area contributed by atoms with Crippen molar-refractivity contribution in [1.82, 2.24) is 9.80 Å². The highest BCUT2D eigenvalue weighted by atomic mass is 16.5. The minimum Gasteiger partial charge on any atom is -0.465 e. The van der Waals surface area contributed by atoms with Crippen LogP contribution in [0, 0.1) is 0 Å². The van der Waals surface area contributed by atoms with E-state index < -0.39 is 6.09 Å². The monoisotopic (exact) mass is 242 g/mol. The molecule has 5 nitrogen and oxygen atoms in total. The second kappa shape index (κ2) is 5.69. The predicted octanol–water partition coefficient (Wildman–Crippen LogP) is 1.24. The fourth-order valence-electron chi connectivity index (χ4n) is 2.90. The zero-order chi connectivity index (χ0) is 12.3. The number of carboxylic acid groups (broad SMARTS) is 1. The Morgan fingerprint density at radius 3 is 2.18 bits per heavy atom. The third-order valence-corrected chi connectivity index (χ3v) is 4.06. The van der Waals surface area contributed by atoms with Gasteiger partial charge in [0.25, 0.3) is 0 Å². The van der Waals surface area contributed by atoms with E-state index in [0.29, 0.717) is 25.2 Å². The molecule has 5 heteroatoms. The highest BCUT2D eigenvalue weighted by molar-refractivity contribution is 5.65. The van der Waals surface area contributed by atoms with E-state index in [9.17, 15) is 4.79 Å². The van der Waals surface area contributed by atoms with Crippen LogP contribution in [0.25, 0.3) is 0 Å². The Bertz CT molecular complexity index is 256. The first-order valence-corrected chi connectivity index (χ1v) is 6.45. The Kier molecular flexibility index (Phi) is 4.23.